The standard InChI is InChI=1S/C22H17N3O5/c1-30-20-12-14(25(28)29)10-11-17(20)23-21(26)13-24-18-8-4-2-6-15(18)22(27)16-7-3-5-9-19(16)24/h2-12H,13H2,1H3,(H,23,26). The average molecular weight is 403 g/mol. The first-order chi connectivity index (χ1) is 14.5. The van der Waals surface area contributed by atoms with Gasteiger partial charge in [-0.25, -0.2) is 0 Å². The monoisotopic (exact) mass is 403 g/mol. The third-order valence-corrected chi connectivity index (χ3v) is 4.85. The van der Waals surface area contributed by atoms with Gasteiger partial charge in [0.2, 0.25) is 5.91 Å². The molecule has 0 fully saturated rings. The van der Waals surface area contributed by atoms with Crippen molar-refractivity contribution in [1.82, 2.24) is 4.57 Å². The van der Waals surface area contributed by atoms with Gasteiger partial charge in [-0.3, -0.25) is 19.7 Å². The van der Waals surface area contributed by atoms with Crippen LogP contribution in [0.3, 0.4) is 0 Å². The van der Waals surface area contributed by atoms with Crippen LogP contribution in [-0.4, -0.2) is 22.5 Å². The average Bonchev–Trinajstić information content (AvgIpc) is 2.76. The number of nitro groups is 1. The second-order valence-electron chi connectivity index (χ2n) is 6.64. The Balaban J connectivity index is 1.74. The first kappa shape index (κ1) is 19.1. The summed E-state index contributed by atoms with van der Waals surface area (Å²) in [5.74, 6) is -0.173. The largest absolute Gasteiger partial charge is 0.494 e. The van der Waals surface area contributed by atoms with Crippen molar-refractivity contribution in [2.75, 3.05) is 12.4 Å². The van der Waals surface area contributed by atoms with Gasteiger partial charge in [-0.2, -0.15) is 0 Å². The minimum atomic E-state index is -0.535. The molecule has 150 valence electrons. The molecular formula is C22H17N3O5. The van der Waals surface area contributed by atoms with Crippen LogP contribution < -0.4 is 15.5 Å². The predicted molar refractivity (Wildman–Crippen MR) is 114 cm³/mol. The maximum absolute atomic E-state index is 12.8. The molecule has 1 amide bonds. The third-order valence-electron chi connectivity index (χ3n) is 4.85. The molecule has 1 heterocycles. The fourth-order valence-corrected chi connectivity index (χ4v) is 3.48. The zero-order valence-corrected chi connectivity index (χ0v) is 16.0. The molecule has 0 bridgehead atoms. The molecule has 0 unspecified atom stereocenters. The highest BCUT2D eigenvalue weighted by atomic mass is 16.6. The van der Waals surface area contributed by atoms with Crippen LogP contribution >= 0.6 is 0 Å². The second-order valence-corrected chi connectivity index (χ2v) is 6.64. The van der Waals surface area contributed by atoms with Gasteiger partial charge in [-0.1, -0.05) is 24.3 Å². The molecule has 0 saturated heterocycles. The molecule has 0 aliphatic carbocycles. The summed E-state index contributed by atoms with van der Waals surface area (Å²) in [6.07, 6.45) is 0. The summed E-state index contributed by atoms with van der Waals surface area (Å²) in [6, 6.07) is 18.2. The quantitative estimate of drug-likeness (QED) is 0.311. The number of aromatic nitrogens is 1. The Hall–Kier alpha value is -4.20. The molecule has 0 aliphatic rings. The summed E-state index contributed by atoms with van der Waals surface area (Å²) in [5, 5.41) is 14.7. The molecule has 1 N–H and O–H groups in total. The minimum Gasteiger partial charge on any atom is -0.494 e. The van der Waals surface area contributed by atoms with E-state index in [1.54, 1.807) is 41.0 Å². The van der Waals surface area contributed by atoms with Crippen molar-refractivity contribution >= 4 is 39.1 Å². The molecular weight excluding hydrogens is 386 g/mol. The number of hydrogen-bond acceptors (Lipinski definition) is 5. The van der Waals surface area contributed by atoms with E-state index in [1.807, 2.05) is 12.1 Å². The van der Waals surface area contributed by atoms with Crippen molar-refractivity contribution in [3.63, 3.8) is 0 Å². The number of non-ortho nitro benzene ring substituents is 1. The van der Waals surface area contributed by atoms with Crippen LogP contribution in [-0.2, 0) is 11.3 Å². The van der Waals surface area contributed by atoms with E-state index in [-0.39, 0.29) is 29.3 Å². The molecule has 1 aromatic heterocycles. The zero-order valence-electron chi connectivity index (χ0n) is 16.0. The molecule has 0 saturated carbocycles. The number of ether oxygens (including phenoxy) is 1. The fourth-order valence-electron chi connectivity index (χ4n) is 3.48. The van der Waals surface area contributed by atoms with Crippen molar-refractivity contribution in [1.29, 1.82) is 0 Å². The lowest BCUT2D eigenvalue weighted by atomic mass is 10.1. The predicted octanol–water partition coefficient (Wildman–Crippen LogP) is 3.71. The summed E-state index contributed by atoms with van der Waals surface area (Å²) in [6.45, 7) is -0.0541. The number of fused-ring (bicyclic) bond motifs is 2. The maximum Gasteiger partial charge on any atom is 0.273 e. The summed E-state index contributed by atoms with van der Waals surface area (Å²) in [7, 11) is 1.37. The van der Waals surface area contributed by atoms with Crippen molar-refractivity contribution in [3.8, 4) is 5.75 Å². The smallest absolute Gasteiger partial charge is 0.273 e. The number of nitrogens with one attached hydrogen (secondary N) is 1. The highest BCUT2D eigenvalue weighted by Gasteiger charge is 2.16. The van der Waals surface area contributed by atoms with Crippen molar-refractivity contribution in [2.45, 2.75) is 6.54 Å². The van der Waals surface area contributed by atoms with E-state index >= 15 is 0 Å². The van der Waals surface area contributed by atoms with E-state index in [1.165, 1.54) is 25.3 Å². The van der Waals surface area contributed by atoms with Gasteiger partial charge >= 0.3 is 0 Å². The van der Waals surface area contributed by atoms with E-state index < -0.39 is 4.92 Å². The van der Waals surface area contributed by atoms with Crippen LogP contribution in [0.1, 0.15) is 0 Å². The summed E-state index contributed by atoms with van der Waals surface area (Å²) in [4.78, 5) is 36.1. The fraction of sp³-hybridized carbons (Fsp3) is 0.0909. The molecule has 0 aliphatic heterocycles. The molecule has 3 aromatic carbocycles. The third kappa shape index (κ3) is 3.35. The lowest BCUT2D eigenvalue weighted by Crippen LogP contribution is -2.21. The highest BCUT2D eigenvalue weighted by Crippen LogP contribution is 2.29. The Bertz CT molecular complexity index is 1300. The molecule has 0 atom stereocenters. The first-order valence-corrected chi connectivity index (χ1v) is 9.12. The normalized spacial score (nSPS) is 10.8. The van der Waals surface area contributed by atoms with Gasteiger partial charge in [0, 0.05) is 16.8 Å². The molecule has 8 heteroatoms. The Labute approximate surface area is 170 Å². The van der Waals surface area contributed by atoms with Gasteiger partial charge in [-0.05, 0) is 30.3 Å². The number of nitro benzene ring substituents is 1. The molecule has 8 nitrogen and oxygen atoms in total. The molecule has 4 rings (SSSR count). The summed E-state index contributed by atoms with van der Waals surface area (Å²) < 4.78 is 6.95. The number of pyridine rings is 1. The number of hydrogen-bond donors (Lipinski definition) is 1. The van der Waals surface area contributed by atoms with Crippen LogP contribution in [0.2, 0.25) is 0 Å². The van der Waals surface area contributed by atoms with Gasteiger partial charge in [-0.15, -0.1) is 0 Å². The number of rotatable bonds is 5. The Kier molecular flexibility index (Phi) is 4.89. The van der Waals surface area contributed by atoms with E-state index in [0.717, 1.165) is 0 Å². The Morgan fingerprint density at radius 1 is 1.03 bits per heavy atom. The maximum atomic E-state index is 12.8. The Morgan fingerprint density at radius 2 is 1.63 bits per heavy atom. The highest BCUT2D eigenvalue weighted by molar-refractivity contribution is 5.97. The van der Waals surface area contributed by atoms with Crippen LogP contribution in [0.4, 0.5) is 11.4 Å². The Morgan fingerprint density at radius 3 is 2.20 bits per heavy atom. The number of amides is 1. The van der Waals surface area contributed by atoms with E-state index in [4.69, 9.17) is 4.74 Å². The number of nitrogens with zero attached hydrogens (tertiary/aromatic N) is 2. The van der Waals surface area contributed by atoms with Crippen molar-refractivity contribution in [2.24, 2.45) is 0 Å². The van der Waals surface area contributed by atoms with Crippen molar-refractivity contribution in [3.05, 3.63) is 87.1 Å². The molecule has 0 spiro atoms. The number of para-hydroxylation sites is 2. The van der Waals surface area contributed by atoms with E-state index in [0.29, 0.717) is 27.5 Å². The van der Waals surface area contributed by atoms with Crippen molar-refractivity contribution < 1.29 is 14.5 Å². The van der Waals surface area contributed by atoms with E-state index in [2.05, 4.69) is 5.32 Å². The lowest BCUT2D eigenvalue weighted by molar-refractivity contribution is -0.384. The lowest BCUT2D eigenvalue weighted by Gasteiger charge is -2.16. The topological polar surface area (TPSA) is 103 Å². The molecule has 0 radical (unpaired) electrons. The minimum absolute atomic E-state index is 0.0541. The number of anilines is 1. The van der Waals surface area contributed by atoms with Crippen LogP contribution in [0, 0.1) is 10.1 Å². The van der Waals surface area contributed by atoms with Crippen LogP contribution in [0.5, 0.6) is 5.75 Å². The van der Waals surface area contributed by atoms with Gasteiger partial charge < -0.3 is 14.6 Å². The van der Waals surface area contributed by atoms with Gasteiger partial charge in [0.05, 0.1) is 34.8 Å². The van der Waals surface area contributed by atoms with Crippen LogP contribution in [0.15, 0.2) is 71.5 Å². The SMILES string of the molecule is COc1cc([N+](=O)[O-])ccc1NC(=O)Cn1c2ccccc2c(=O)c2ccccc21. The van der Waals surface area contributed by atoms with Gasteiger partial charge in [0.25, 0.3) is 5.69 Å². The van der Waals surface area contributed by atoms with Crippen LogP contribution in [0.25, 0.3) is 21.8 Å². The summed E-state index contributed by atoms with van der Waals surface area (Å²) in [5.41, 5.74) is 1.39. The number of carbonyl (C=O) groups is 1. The second kappa shape index (κ2) is 7.67. The number of methoxy groups -OCH3 is 1. The van der Waals surface area contributed by atoms with Gasteiger partial charge in [0.15, 0.2) is 5.43 Å². The van der Waals surface area contributed by atoms with Gasteiger partial charge in [0.1, 0.15) is 12.3 Å². The number of benzene rings is 3. The number of carbonyl (C=O) groups excluding carboxylic acids is 1. The van der Waals surface area contributed by atoms with E-state index in [9.17, 15) is 19.7 Å². The zero-order chi connectivity index (χ0) is 21.3. The molecule has 30 heavy (non-hydrogen) atoms. The summed E-state index contributed by atoms with van der Waals surface area (Å²) >= 11 is 0. The first-order valence-electron chi connectivity index (χ1n) is 9.12. The molecule has 4 aromatic rings.